The van der Waals surface area contributed by atoms with Crippen molar-refractivity contribution in [3.8, 4) is 11.1 Å². The van der Waals surface area contributed by atoms with E-state index in [1.807, 2.05) is 31.2 Å². The number of methoxy groups -OCH3 is 1. The van der Waals surface area contributed by atoms with Crippen LogP contribution in [0.15, 0.2) is 53.3 Å². The molecule has 0 aliphatic carbocycles. The molecule has 8 nitrogen and oxygen atoms in total. The van der Waals surface area contributed by atoms with Crippen molar-refractivity contribution >= 4 is 11.7 Å². The van der Waals surface area contributed by atoms with E-state index in [9.17, 15) is 19.7 Å². The monoisotopic (exact) mass is 435 g/mol. The van der Waals surface area contributed by atoms with Crippen LogP contribution in [0.3, 0.4) is 0 Å². The SMILES string of the molecule is COC(=O)C[C@@H](C)c1ccc(Cn2c(C)nc(C)c(-c3ccc([N+](=O)[O-])cc3)c2=O)cc1. The Kier molecular flexibility index (Phi) is 6.82. The first kappa shape index (κ1) is 22.9. The fraction of sp³-hybridized carbons (Fsp3) is 0.292. The number of nitro benzene ring substituents is 1. The second-order valence-corrected chi connectivity index (χ2v) is 7.74. The molecule has 0 fully saturated rings. The van der Waals surface area contributed by atoms with Crippen molar-refractivity contribution in [2.45, 2.75) is 39.7 Å². The molecule has 0 spiro atoms. The first-order valence-electron chi connectivity index (χ1n) is 10.2. The molecule has 0 saturated heterocycles. The van der Waals surface area contributed by atoms with Crippen molar-refractivity contribution in [2.24, 2.45) is 0 Å². The summed E-state index contributed by atoms with van der Waals surface area (Å²) in [5.74, 6) is 0.352. The van der Waals surface area contributed by atoms with Crippen molar-refractivity contribution < 1.29 is 14.5 Å². The normalized spacial score (nSPS) is 11.8. The van der Waals surface area contributed by atoms with Gasteiger partial charge in [0.1, 0.15) is 5.82 Å². The molecule has 0 saturated carbocycles. The Bertz CT molecular complexity index is 1200. The highest BCUT2D eigenvalue weighted by Gasteiger charge is 2.16. The molecule has 0 amide bonds. The third-order valence-corrected chi connectivity index (χ3v) is 5.50. The van der Waals surface area contributed by atoms with Gasteiger partial charge in [-0.25, -0.2) is 4.98 Å². The van der Waals surface area contributed by atoms with Crippen LogP contribution in [-0.4, -0.2) is 27.6 Å². The molecular weight excluding hydrogens is 410 g/mol. The molecule has 1 atom stereocenters. The summed E-state index contributed by atoms with van der Waals surface area (Å²) < 4.78 is 6.32. The number of aryl methyl sites for hydroxylation is 2. The molecule has 0 aliphatic rings. The van der Waals surface area contributed by atoms with Gasteiger partial charge in [0.2, 0.25) is 0 Å². The summed E-state index contributed by atoms with van der Waals surface area (Å²) in [5, 5.41) is 10.9. The average molecular weight is 435 g/mol. The van der Waals surface area contributed by atoms with Gasteiger partial charge < -0.3 is 4.74 Å². The van der Waals surface area contributed by atoms with Crippen molar-refractivity contribution in [3.63, 3.8) is 0 Å². The number of hydrogen-bond acceptors (Lipinski definition) is 6. The molecule has 0 unspecified atom stereocenters. The number of carbonyl (C=O) groups excluding carboxylic acids is 1. The van der Waals surface area contributed by atoms with Crippen LogP contribution < -0.4 is 5.56 Å². The fourth-order valence-corrected chi connectivity index (χ4v) is 3.65. The van der Waals surface area contributed by atoms with Crippen LogP contribution in [0.25, 0.3) is 11.1 Å². The Morgan fingerprint density at radius 2 is 1.75 bits per heavy atom. The predicted molar refractivity (Wildman–Crippen MR) is 121 cm³/mol. The highest BCUT2D eigenvalue weighted by molar-refractivity contribution is 5.70. The van der Waals surface area contributed by atoms with E-state index in [0.717, 1.165) is 11.1 Å². The molecule has 2 aromatic carbocycles. The Labute approximate surface area is 185 Å². The summed E-state index contributed by atoms with van der Waals surface area (Å²) >= 11 is 0. The molecule has 1 aromatic heterocycles. The van der Waals surface area contributed by atoms with Gasteiger partial charge in [-0.05, 0) is 48.6 Å². The quantitative estimate of drug-likeness (QED) is 0.314. The molecule has 0 bridgehead atoms. The van der Waals surface area contributed by atoms with Crippen LogP contribution in [0.2, 0.25) is 0 Å². The number of benzene rings is 2. The zero-order valence-corrected chi connectivity index (χ0v) is 18.5. The first-order chi connectivity index (χ1) is 15.2. The molecule has 166 valence electrons. The van der Waals surface area contributed by atoms with Crippen LogP contribution >= 0.6 is 0 Å². The van der Waals surface area contributed by atoms with Gasteiger partial charge in [-0.15, -0.1) is 0 Å². The highest BCUT2D eigenvalue weighted by atomic mass is 16.6. The lowest BCUT2D eigenvalue weighted by molar-refractivity contribution is -0.384. The Balaban J connectivity index is 1.90. The van der Waals surface area contributed by atoms with E-state index in [4.69, 9.17) is 4.74 Å². The zero-order valence-electron chi connectivity index (χ0n) is 18.5. The summed E-state index contributed by atoms with van der Waals surface area (Å²) in [6.45, 7) is 5.83. The molecule has 32 heavy (non-hydrogen) atoms. The van der Waals surface area contributed by atoms with E-state index in [1.54, 1.807) is 30.5 Å². The van der Waals surface area contributed by atoms with E-state index in [1.165, 1.54) is 19.2 Å². The average Bonchev–Trinajstić information content (AvgIpc) is 2.77. The maximum atomic E-state index is 13.3. The number of hydrogen-bond donors (Lipinski definition) is 0. The molecular formula is C24H25N3O5. The van der Waals surface area contributed by atoms with Crippen LogP contribution in [-0.2, 0) is 16.1 Å². The number of esters is 1. The Morgan fingerprint density at radius 3 is 2.31 bits per heavy atom. The number of carbonyl (C=O) groups is 1. The summed E-state index contributed by atoms with van der Waals surface area (Å²) in [6, 6.07) is 13.7. The minimum atomic E-state index is -0.474. The van der Waals surface area contributed by atoms with Crippen molar-refractivity contribution in [3.05, 3.63) is 91.6 Å². The lowest BCUT2D eigenvalue weighted by Crippen LogP contribution is -2.27. The molecule has 0 aliphatic heterocycles. The van der Waals surface area contributed by atoms with Crippen molar-refractivity contribution in [2.75, 3.05) is 7.11 Å². The van der Waals surface area contributed by atoms with E-state index in [-0.39, 0.29) is 23.1 Å². The van der Waals surface area contributed by atoms with Gasteiger partial charge in [0, 0.05) is 12.1 Å². The number of ether oxygens (including phenoxy) is 1. The lowest BCUT2D eigenvalue weighted by atomic mass is 9.97. The highest BCUT2D eigenvalue weighted by Crippen LogP contribution is 2.23. The van der Waals surface area contributed by atoms with E-state index in [0.29, 0.717) is 35.6 Å². The number of rotatable bonds is 7. The van der Waals surface area contributed by atoms with Gasteiger partial charge in [0.05, 0.1) is 36.3 Å². The molecule has 1 heterocycles. The largest absolute Gasteiger partial charge is 0.469 e. The van der Waals surface area contributed by atoms with Gasteiger partial charge in [-0.1, -0.05) is 31.2 Å². The van der Waals surface area contributed by atoms with E-state index >= 15 is 0 Å². The second-order valence-electron chi connectivity index (χ2n) is 7.74. The standard InChI is InChI=1S/C24H25N3O5/c1-15(13-22(28)32-4)19-7-5-18(6-8-19)14-26-17(3)25-16(2)23(24(26)29)20-9-11-21(12-10-20)27(30)31/h5-12,15H,13-14H2,1-4H3/t15-/m1/s1. The smallest absolute Gasteiger partial charge is 0.306 e. The first-order valence-corrected chi connectivity index (χ1v) is 10.2. The van der Waals surface area contributed by atoms with E-state index < -0.39 is 4.92 Å². The third kappa shape index (κ3) is 4.91. The zero-order chi connectivity index (χ0) is 23.4. The maximum absolute atomic E-state index is 13.3. The van der Waals surface area contributed by atoms with Crippen LogP contribution in [0.1, 0.15) is 41.9 Å². The van der Waals surface area contributed by atoms with Crippen LogP contribution in [0, 0.1) is 24.0 Å². The van der Waals surface area contributed by atoms with Gasteiger partial charge in [-0.2, -0.15) is 0 Å². The predicted octanol–water partition coefficient (Wildman–Crippen LogP) is 4.15. The molecule has 0 radical (unpaired) electrons. The molecule has 3 rings (SSSR count). The summed E-state index contributed by atoms with van der Waals surface area (Å²) in [4.78, 5) is 39.8. The summed E-state index contributed by atoms with van der Waals surface area (Å²) in [7, 11) is 1.37. The molecule has 8 heteroatoms. The van der Waals surface area contributed by atoms with Gasteiger partial charge in [0.15, 0.2) is 0 Å². The van der Waals surface area contributed by atoms with Crippen molar-refractivity contribution in [1.82, 2.24) is 9.55 Å². The summed E-state index contributed by atoms with van der Waals surface area (Å²) in [5.41, 5.74) is 3.28. The molecule has 3 aromatic rings. The maximum Gasteiger partial charge on any atom is 0.306 e. The van der Waals surface area contributed by atoms with Gasteiger partial charge in [-0.3, -0.25) is 24.3 Å². The third-order valence-electron chi connectivity index (χ3n) is 5.50. The van der Waals surface area contributed by atoms with Gasteiger partial charge >= 0.3 is 5.97 Å². The molecule has 0 N–H and O–H groups in total. The number of non-ortho nitro benzene ring substituents is 1. The van der Waals surface area contributed by atoms with Crippen molar-refractivity contribution in [1.29, 1.82) is 0 Å². The van der Waals surface area contributed by atoms with Crippen LogP contribution in [0.4, 0.5) is 5.69 Å². The minimum Gasteiger partial charge on any atom is -0.469 e. The summed E-state index contributed by atoms with van der Waals surface area (Å²) in [6.07, 6.45) is 0.300. The second kappa shape index (κ2) is 9.55. The lowest BCUT2D eigenvalue weighted by Gasteiger charge is -2.15. The minimum absolute atomic E-state index is 0.0238. The van der Waals surface area contributed by atoms with E-state index in [2.05, 4.69) is 4.98 Å². The topological polar surface area (TPSA) is 104 Å². The van der Waals surface area contributed by atoms with Crippen LogP contribution in [0.5, 0.6) is 0 Å². The van der Waals surface area contributed by atoms with Gasteiger partial charge in [0.25, 0.3) is 11.2 Å². The Morgan fingerprint density at radius 1 is 1.12 bits per heavy atom. The number of nitrogens with zero attached hydrogens (tertiary/aromatic N) is 3. The number of nitro groups is 1. The number of aromatic nitrogens is 2. The Hall–Kier alpha value is -3.81. The fourth-order valence-electron chi connectivity index (χ4n) is 3.65.